The number of aryl methyl sites for hydroxylation is 2. The molecule has 1 saturated heterocycles. The van der Waals surface area contributed by atoms with Crippen molar-refractivity contribution in [1.82, 2.24) is 10.2 Å². The lowest BCUT2D eigenvalue weighted by molar-refractivity contribution is -0.135. The molecule has 0 aliphatic carbocycles. The molecule has 2 N–H and O–H groups in total. The molecular formula is C24H31N3O4S. The number of hydrogen-bond donors (Lipinski definition) is 2. The number of benzene rings is 2. The van der Waals surface area contributed by atoms with Crippen molar-refractivity contribution >= 4 is 27.5 Å². The minimum absolute atomic E-state index is 0.00596. The number of carbonyl (C=O) groups excluding carboxylic acids is 2. The topological polar surface area (TPSA) is 95.6 Å². The van der Waals surface area contributed by atoms with Crippen molar-refractivity contribution in [3.63, 3.8) is 0 Å². The monoisotopic (exact) mass is 457 g/mol. The van der Waals surface area contributed by atoms with E-state index >= 15 is 0 Å². The molecular weight excluding hydrogens is 426 g/mol. The van der Waals surface area contributed by atoms with Gasteiger partial charge in [0.2, 0.25) is 5.91 Å². The molecule has 2 aromatic carbocycles. The van der Waals surface area contributed by atoms with Gasteiger partial charge >= 0.3 is 0 Å². The maximum absolute atomic E-state index is 12.7. The largest absolute Gasteiger partial charge is 0.349 e. The highest BCUT2D eigenvalue weighted by Crippen LogP contribution is 2.20. The lowest BCUT2D eigenvalue weighted by atomic mass is 10.0. The van der Waals surface area contributed by atoms with Crippen LogP contribution in [0.4, 0.5) is 5.69 Å². The SMILES string of the molecule is Cc1ccc(NS(=O)(=O)c2ccc(C(=O)NC3CCN(C(=O)C(C)C)CC3)cc2)cc1C. The summed E-state index contributed by atoms with van der Waals surface area (Å²) in [6.07, 6.45) is 1.41. The average molecular weight is 458 g/mol. The number of hydrogen-bond acceptors (Lipinski definition) is 4. The van der Waals surface area contributed by atoms with E-state index in [-0.39, 0.29) is 28.7 Å². The van der Waals surface area contributed by atoms with Gasteiger partial charge in [-0.2, -0.15) is 0 Å². The number of likely N-dealkylation sites (tertiary alicyclic amines) is 1. The Kier molecular flexibility index (Phi) is 7.23. The van der Waals surface area contributed by atoms with Gasteiger partial charge in [0.25, 0.3) is 15.9 Å². The highest BCUT2D eigenvalue weighted by atomic mass is 32.2. The van der Waals surface area contributed by atoms with Gasteiger partial charge in [-0.15, -0.1) is 0 Å². The first-order valence-corrected chi connectivity index (χ1v) is 12.3. The maximum Gasteiger partial charge on any atom is 0.261 e. The number of anilines is 1. The van der Waals surface area contributed by atoms with Gasteiger partial charge in [-0.1, -0.05) is 19.9 Å². The molecule has 8 heteroatoms. The molecule has 0 spiro atoms. The number of nitrogens with zero attached hydrogens (tertiary/aromatic N) is 1. The Morgan fingerprint density at radius 3 is 2.16 bits per heavy atom. The Bertz CT molecular complexity index is 1090. The van der Waals surface area contributed by atoms with Crippen molar-refractivity contribution in [3.05, 3.63) is 59.2 Å². The molecule has 0 radical (unpaired) electrons. The molecule has 1 fully saturated rings. The second-order valence-electron chi connectivity index (χ2n) is 8.66. The zero-order valence-corrected chi connectivity index (χ0v) is 19.8. The van der Waals surface area contributed by atoms with Crippen LogP contribution < -0.4 is 10.0 Å². The molecule has 32 heavy (non-hydrogen) atoms. The van der Waals surface area contributed by atoms with Gasteiger partial charge in [0.1, 0.15) is 0 Å². The van der Waals surface area contributed by atoms with E-state index in [9.17, 15) is 18.0 Å². The number of rotatable bonds is 6. The molecule has 172 valence electrons. The van der Waals surface area contributed by atoms with Crippen molar-refractivity contribution in [1.29, 1.82) is 0 Å². The van der Waals surface area contributed by atoms with Crippen LogP contribution in [-0.4, -0.2) is 44.3 Å². The van der Waals surface area contributed by atoms with Crippen LogP contribution in [0.25, 0.3) is 0 Å². The summed E-state index contributed by atoms with van der Waals surface area (Å²) >= 11 is 0. The van der Waals surface area contributed by atoms with Crippen molar-refractivity contribution in [2.45, 2.75) is 51.5 Å². The van der Waals surface area contributed by atoms with Crippen LogP contribution in [0.5, 0.6) is 0 Å². The molecule has 1 heterocycles. The van der Waals surface area contributed by atoms with E-state index in [0.29, 0.717) is 37.2 Å². The molecule has 0 saturated carbocycles. The van der Waals surface area contributed by atoms with E-state index < -0.39 is 10.0 Å². The van der Waals surface area contributed by atoms with Crippen molar-refractivity contribution in [3.8, 4) is 0 Å². The molecule has 0 bridgehead atoms. The van der Waals surface area contributed by atoms with E-state index in [1.54, 1.807) is 12.1 Å². The van der Waals surface area contributed by atoms with Gasteiger partial charge in [-0.05, 0) is 74.2 Å². The molecule has 7 nitrogen and oxygen atoms in total. The van der Waals surface area contributed by atoms with Gasteiger partial charge in [0.05, 0.1) is 4.90 Å². The predicted octanol–water partition coefficient (Wildman–Crippen LogP) is 3.48. The van der Waals surface area contributed by atoms with Crippen molar-refractivity contribution in [2.24, 2.45) is 5.92 Å². The fraction of sp³-hybridized carbons (Fsp3) is 0.417. The summed E-state index contributed by atoms with van der Waals surface area (Å²) in [6.45, 7) is 8.92. The Morgan fingerprint density at radius 1 is 0.969 bits per heavy atom. The van der Waals surface area contributed by atoms with Crippen LogP contribution in [0.2, 0.25) is 0 Å². The zero-order chi connectivity index (χ0) is 23.5. The molecule has 1 aliphatic heterocycles. The predicted molar refractivity (Wildman–Crippen MR) is 125 cm³/mol. The van der Waals surface area contributed by atoms with Crippen LogP contribution in [0, 0.1) is 19.8 Å². The molecule has 2 aromatic rings. The smallest absolute Gasteiger partial charge is 0.261 e. The lowest BCUT2D eigenvalue weighted by Crippen LogP contribution is -2.47. The highest BCUT2D eigenvalue weighted by Gasteiger charge is 2.25. The Hall–Kier alpha value is -2.87. The van der Waals surface area contributed by atoms with E-state index in [0.717, 1.165) is 11.1 Å². The standard InChI is InChI=1S/C24H31N3O4S/c1-16(2)24(29)27-13-11-20(12-14-27)25-23(28)19-6-9-22(10-7-19)32(30,31)26-21-8-5-17(3)18(4)15-21/h5-10,15-16,20,26H,11-14H2,1-4H3,(H,25,28). The number of nitrogens with one attached hydrogen (secondary N) is 2. The van der Waals surface area contributed by atoms with E-state index in [2.05, 4.69) is 10.0 Å². The van der Waals surface area contributed by atoms with E-state index in [4.69, 9.17) is 0 Å². The van der Waals surface area contributed by atoms with Gasteiger partial charge in [-0.3, -0.25) is 14.3 Å². The Labute approximate surface area is 190 Å². The van der Waals surface area contributed by atoms with Gasteiger partial charge in [-0.25, -0.2) is 8.42 Å². The quantitative estimate of drug-likeness (QED) is 0.694. The maximum atomic E-state index is 12.7. The zero-order valence-electron chi connectivity index (χ0n) is 19.0. The highest BCUT2D eigenvalue weighted by molar-refractivity contribution is 7.92. The van der Waals surface area contributed by atoms with Crippen LogP contribution in [0.1, 0.15) is 48.2 Å². The molecule has 3 rings (SSSR count). The van der Waals surface area contributed by atoms with Gasteiger partial charge in [0, 0.05) is 36.3 Å². The van der Waals surface area contributed by atoms with Crippen molar-refractivity contribution in [2.75, 3.05) is 17.8 Å². The van der Waals surface area contributed by atoms with Crippen molar-refractivity contribution < 1.29 is 18.0 Å². The first-order valence-electron chi connectivity index (χ1n) is 10.9. The number of piperidine rings is 1. The first-order chi connectivity index (χ1) is 15.1. The van der Waals surface area contributed by atoms with Crippen LogP contribution in [-0.2, 0) is 14.8 Å². The molecule has 0 unspecified atom stereocenters. The summed E-state index contributed by atoms with van der Waals surface area (Å²) in [5, 5.41) is 2.99. The average Bonchev–Trinajstić information content (AvgIpc) is 2.76. The van der Waals surface area contributed by atoms with Gasteiger partial charge < -0.3 is 10.2 Å². The number of amides is 2. The Balaban J connectivity index is 1.59. The molecule has 2 amide bonds. The van der Waals surface area contributed by atoms with E-state index in [1.165, 1.54) is 24.3 Å². The summed E-state index contributed by atoms with van der Waals surface area (Å²) in [4.78, 5) is 26.6. The van der Waals surface area contributed by atoms with Gasteiger partial charge in [0.15, 0.2) is 0 Å². The first kappa shape index (κ1) is 23.8. The third-order valence-electron chi connectivity index (χ3n) is 5.82. The third kappa shape index (κ3) is 5.68. The van der Waals surface area contributed by atoms with Crippen LogP contribution >= 0.6 is 0 Å². The summed E-state index contributed by atoms with van der Waals surface area (Å²) < 4.78 is 27.9. The molecule has 0 atom stereocenters. The summed E-state index contributed by atoms with van der Waals surface area (Å²) in [6, 6.07) is 11.3. The third-order valence-corrected chi connectivity index (χ3v) is 7.22. The minimum atomic E-state index is -3.75. The second-order valence-corrected chi connectivity index (χ2v) is 10.3. The molecule has 0 aromatic heterocycles. The fourth-order valence-electron chi connectivity index (χ4n) is 3.68. The summed E-state index contributed by atoms with van der Waals surface area (Å²) in [5.74, 6) is -0.133. The number of sulfonamides is 1. The summed E-state index contributed by atoms with van der Waals surface area (Å²) in [7, 11) is -3.75. The molecule has 1 aliphatic rings. The van der Waals surface area contributed by atoms with Crippen LogP contribution in [0.15, 0.2) is 47.4 Å². The number of carbonyl (C=O) groups is 2. The minimum Gasteiger partial charge on any atom is -0.349 e. The van der Waals surface area contributed by atoms with Crippen LogP contribution in [0.3, 0.4) is 0 Å². The van der Waals surface area contributed by atoms with E-state index in [1.807, 2.05) is 38.7 Å². The fourth-order valence-corrected chi connectivity index (χ4v) is 4.73. The Morgan fingerprint density at radius 2 is 1.59 bits per heavy atom. The summed E-state index contributed by atoms with van der Waals surface area (Å²) in [5.41, 5.74) is 2.98. The second kappa shape index (κ2) is 9.73. The normalized spacial score (nSPS) is 15.0. The lowest BCUT2D eigenvalue weighted by Gasteiger charge is -2.33.